The van der Waals surface area contributed by atoms with Crippen LogP contribution in [0.5, 0.6) is 0 Å². The molecule has 2 N–H and O–H groups in total. The predicted molar refractivity (Wildman–Crippen MR) is 104 cm³/mol. The third-order valence-corrected chi connectivity index (χ3v) is 6.05. The monoisotopic (exact) mass is 401 g/mol. The van der Waals surface area contributed by atoms with Gasteiger partial charge < -0.3 is 15.2 Å². The highest BCUT2D eigenvalue weighted by Gasteiger charge is 2.39. The van der Waals surface area contributed by atoms with E-state index in [0.29, 0.717) is 26.1 Å². The Labute approximate surface area is 169 Å². The van der Waals surface area contributed by atoms with E-state index in [-0.39, 0.29) is 16.9 Å². The number of hydrogen-bond donors (Lipinski definition) is 2. The zero-order valence-electron chi connectivity index (χ0n) is 16.7. The Morgan fingerprint density at radius 2 is 2.14 bits per heavy atom. The average molecular weight is 401 g/mol. The molecule has 0 aromatic carbocycles. The van der Waals surface area contributed by atoms with Crippen LogP contribution in [0.2, 0.25) is 0 Å². The quantitative estimate of drug-likeness (QED) is 0.759. The van der Waals surface area contributed by atoms with Gasteiger partial charge in [0.25, 0.3) is 5.91 Å². The van der Waals surface area contributed by atoms with Gasteiger partial charge in [-0.15, -0.1) is 0 Å². The number of carbonyl (C=O) groups is 2. The van der Waals surface area contributed by atoms with Gasteiger partial charge in [-0.05, 0) is 37.5 Å². The highest BCUT2D eigenvalue weighted by atomic mass is 16.5. The fourth-order valence-corrected chi connectivity index (χ4v) is 4.34. The zero-order valence-corrected chi connectivity index (χ0v) is 16.7. The summed E-state index contributed by atoms with van der Waals surface area (Å²) in [6.07, 6.45) is 7.04. The van der Waals surface area contributed by atoms with Crippen molar-refractivity contribution < 1.29 is 19.4 Å². The Hall–Kier alpha value is -2.68. The Morgan fingerprint density at radius 1 is 1.34 bits per heavy atom. The minimum Gasteiger partial charge on any atom is -0.478 e. The molecule has 9 heteroatoms. The van der Waals surface area contributed by atoms with E-state index in [4.69, 9.17) is 14.9 Å². The number of hydrogen-bond acceptors (Lipinski definition) is 5. The van der Waals surface area contributed by atoms with Gasteiger partial charge in [0.05, 0.1) is 28.7 Å². The van der Waals surface area contributed by atoms with Gasteiger partial charge in [-0.2, -0.15) is 10.2 Å². The normalized spacial score (nSPS) is 18.3. The van der Waals surface area contributed by atoms with Crippen LogP contribution in [0, 0.1) is 5.41 Å². The molecule has 0 bridgehead atoms. The summed E-state index contributed by atoms with van der Waals surface area (Å²) >= 11 is 0. The molecule has 1 fully saturated rings. The molecule has 1 spiro atoms. The number of carboxylic acid groups (broad SMARTS) is 1. The summed E-state index contributed by atoms with van der Waals surface area (Å²) in [7, 11) is 0. The van der Waals surface area contributed by atoms with E-state index in [0.717, 1.165) is 55.8 Å². The molecular formula is C20H27N5O4. The Balaban J connectivity index is 1.54. The molecule has 0 atom stereocenters. The van der Waals surface area contributed by atoms with Gasteiger partial charge in [0.15, 0.2) is 0 Å². The maximum absolute atomic E-state index is 12.8. The smallest absolute Gasteiger partial charge is 0.338 e. The zero-order chi connectivity index (χ0) is 20.4. The molecule has 0 saturated carbocycles. The molecule has 0 aliphatic carbocycles. The van der Waals surface area contributed by atoms with Crippen molar-refractivity contribution in [3.63, 3.8) is 0 Å². The molecule has 2 aliphatic heterocycles. The minimum atomic E-state index is -0.978. The van der Waals surface area contributed by atoms with Gasteiger partial charge >= 0.3 is 5.97 Å². The van der Waals surface area contributed by atoms with Crippen molar-refractivity contribution in [3.05, 3.63) is 34.9 Å². The first-order valence-corrected chi connectivity index (χ1v) is 10.2. The molecule has 2 aromatic rings. The van der Waals surface area contributed by atoms with Crippen LogP contribution in [-0.2, 0) is 30.7 Å². The minimum absolute atomic E-state index is 0.0235. The van der Waals surface area contributed by atoms with Crippen LogP contribution in [0.4, 0.5) is 0 Å². The summed E-state index contributed by atoms with van der Waals surface area (Å²) in [5.74, 6) is -1.00. The van der Waals surface area contributed by atoms with Gasteiger partial charge in [0.1, 0.15) is 0 Å². The van der Waals surface area contributed by atoms with E-state index < -0.39 is 5.97 Å². The second kappa shape index (κ2) is 7.98. The molecular weight excluding hydrogens is 374 g/mol. The summed E-state index contributed by atoms with van der Waals surface area (Å²) in [5.41, 5.74) is 2.81. The van der Waals surface area contributed by atoms with Crippen molar-refractivity contribution >= 4 is 11.9 Å². The molecule has 1 saturated heterocycles. The van der Waals surface area contributed by atoms with Crippen LogP contribution in [-0.4, -0.2) is 56.3 Å². The molecule has 4 rings (SSSR count). The number of aryl methyl sites for hydroxylation is 3. The first-order valence-electron chi connectivity index (χ1n) is 10.2. The fraction of sp³-hybridized carbons (Fsp3) is 0.600. The maximum atomic E-state index is 12.8. The van der Waals surface area contributed by atoms with Crippen molar-refractivity contribution in [3.8, 4) is 0 Å². The van der Waals surface area contributed by atoms with E-state index in [9.17, 15) is 9.59 Å². The number of ether oxygens (including phenoxy) is 1. The first kappa shape index (κ1) is 19.6. The third kappa shape index (κ3) is 3.91. The van der Waals surface area contributed by atoms with Crippen molar-refractivity contribution in [2.45, 2.75) is 52.1 Å². The van der Waals surface area contributed by atoms with Gasteiger partial charge in [0, 0.05) is 39.0 Å². The average Bonchev–Trinajstić information content (AvgIpc) is 3.29. The summed E-state index contributed by atoms with van der Waals surface area (Å²) < 4.78 is 9.18. The van der Waals surface area contributed by atoms with Gasteiger partial charge in [-0.3, -0.25) is 14.2 Å². The number of amides is 1. The number of aromatic carboxylic acids is 1. The summed E-state index contributed by atoms with van der Waals surface area (Å²) in [6.45, 7) is 5.40. The molecule has 9 nitrogen and oxygen atoms in total. The molecule has 156 valence electrons. The highest BCUT2D eigenvalue weighted by molar-refractivity contribution is 5.97. The van der Waals surface area contributed by atoms with Crippen LogP contribution in [0.1, 0.15) is 58.3 Å². The lowest BCUT2D eigenvalue weighted by Crippen LogP contribution is -2.40. The molecule has 2 aromatic heterocycles. The Bertz CT molecular complexity index is 910. The van der Waals surface area contributed by atoms with E-state index in [1.807, 2.05) is 11.6 Å². The van der Waals surface area contributed by atoms with Crippen molar-refractivity contribution in [1.29, 1.82) is 0 Å². The standard InChI is InChI=1S/C20H27N5O4/c1-2-15-17-16(10-20(13-21-18(17)26)4-8-29-9-5-20)25(23-15)7-3-6-24-12-14(11-22-24)19(27)28/h11-12H,2-10,13H2,1H3,(H,21,26)(H,27,28). The van der Waals surface area contributed by atoms with Crippen LogP contribution < -0.4 is 5.32 Å². The van der Waals surface area contributed by atoms with Crippen molar-refractivity contribution in [2.24, 2.45) is 5.41 Å². The second-order valence-electron chi connectivity index (χ2n) is 7.97. The van der Waals surface area contributed by atoms with E-state index in [2.05, 4.69) is 10.4 Å². The third-order valence-electron chi connectivity index (χ3n) is 6.05. The number of aromatic nitrogens is 4. The first-order chi connectivity index (χ1) is 14.0. The lowest BCUT2D eigenvalue weighted by Gasteiger charge is -2.36. The van der Waals surface area contributed by atoms with Crippen molar-refractivity contribution in [2.75, 3.05) is 19.8 Å². The van der Waals surface area contributed by atoms with Crippen LogP contribution >= 0.6 is 0 Å². The summed E-state index contributed by atoms with van der Waals surface area (Å²) in [6, 6.07) is 0. The number of carbonyl (C=O) groups excluding carboxylic acids is 1. The van der Waals surface area contributed by atoms with Crippen LogP contribution in [0.25, 0.3) is 0 Å². The van der Waals surface area contributed by atoms with Crippen molar-refractivity contribution in [1.82, 2.24) is 24.9 Å². The summed E-state index contributed by atoms with van der Waals surface area (Å²) in [5, 5.41) is 21.0. The molecule has 0 radical (unpaired) electrons. The van der Waals surface area contributed by atoms with Gasteiger partial charge in [-0.1, -0.05) is 6.92 Å². The topological polar surface area (TPSA) is 111 Å². The maximum Gasteiger partial charge on any atom is 0.338 e. The number of fused-ring (bicyclic) bond motifs is 1. The Kier molecular flexibility index (Phi) is 5.40. The van der Waals surface area contributed by atoms with Crippen LogP contribution in [0.15, 0.2) is 12.4 Å². The van der Waals surface area contributed by atoms with E-state index >= 15 is 0 Å². The van der Waals surface area contributed by atoms with Crippen LogP contribution in [0.3, 0.4) is 0 Å². The van der Waals surface area contributed by atoms with Gasteiger partial charge in [0.2, 0.25) is 0 Å². The predicted octanol–water partition coefficient (Wildman–Crippen LogP) is 1.51. The molecule has 0 unspecified atom stereocenters. The second-order valence-corrected chi connectivity index (χ2v) is 7.97. The molecule has 1 amide bonds. The lowest BCUT2D eigenvalue weighted by molar-refractivity contribution is 0.0152. The highest BCUT2D eigenvalue weighted by Crippen LogP contribution is 2.37. The Morgan fingerprint density at radius 3 is 2.83 bits per heavy atom. The number of nitrogens with one attached hydrogen (secondary N) is 1. The number of carboxylic acids is 1. The van der Waals surface area contributed by atoms with Gasteiger partial charge in [-0.25, -0.2) is 4.79 Å². The lowest BCUT2D eigenvalue weighted by atomic mass is 9.76. The molecule has 29 heavy (non-hydrogen) atoms. The molecule has 2 aliphatic rings. The largest absolute Gasteiger partial charge is 0.478 e. The summed E-state index contributed by atoms with van der Waals surface area (Å²) in [4.78, 5) is 23.8. The van der Waals surface area contributed by atoms with E-state index in [1.165, 1.54) is 12.4 Å². The number of nitrogens with zero attached hydrogens (tertiary/aromatic N) is 4. The SMILES string of the molecule is CCc1nn(CCCn2cc(C(=O)O)cn2)c2c1C(=O)NCC1(CCOCC1)C2. The number of rotatable bonds is 6. The molecule has 4 heterocycles. The fourth-order valence-electron chi connectivity index (χ4n) is 4.34. The van der Waals surface area contributed by atoms with E-state index in [1.54, 1.807) is 4.68 Å².